The van der Waals surface area contributed by atoms with E-state index in [4.69, 9.17) is 4.74 Å². The topological polar surface area (TPSA) is 67.7 Å². The minimum absolute atomic E-state index is 0. The third-order valence-corrected chi connectivity index (χ3v) is 5.17. The molecule has 0 spiro atoms. The number of hydrogen-bond acceptors (Lipinski definition) is 3. The number of hydrogen-bond donors (Lipinski definition) is 2. The molecule has 1 aliphatic heterocycles. The van der Waals surface area contributed by atoms with Gasteiger partial charge < -0.3 is 19.9 Å². The zero-order chi connectivity index (χ0) is 20.8. The van der Waals surface area contributed by atoms with E-state index in [0.29, 0.717) is 19.6 Å². The number of pyridine rings is 1. The molecule has 0 radical (unpaired) electrons. The Morgan fingerprint density at radius 3 is 2.52 bits per heavy atom. The van der Waals surface area contributed by atoms with Gasteiger partial charge in [0.05, 0.1) is 13.1 Å². The third kappa shape index (κ3) is 6.10. The van der Waals surface area contributed by atoms with E-state index in [9.17, 15) is 4.79 Å². The summed E-state index contributed by atoms with van der Waals surface area (Å²) in [5.74, 6) is 1.72. The minimum Gasteiger partial charge on any atom is -0.488 e. The predicted octanol–water partition coefficient (Wildman–Crippen LogP) is 3.18. The molecule has 2 aromatic carbocycles. The van der Waals surface area contributed by atoms with Crippen molar-refractivity contribution in [2.24, 2.45) is 4.99 Å². The molecule has 1 atom stereocenters. The molecule has 4 rings (SSSR count). The molecule has 1 aliphatic rings. The standard InChI is InChI=1S/C24H26N4O2.HI/c1-25-24(27-16-21-14-20-6-2-3-7-22(20)30-21)26-15-18-9-11-19(12-10-18)17-28-13-5-4-8-23(28)29;/h2-13,21H,14-17H2,1H3,(H2,25,26,27);1H. The van der Waals surface area contributed by atoms with Gasteiger partial charge in [-0.2, -0.15) is 0 Å². The second-order valence-electron chi connectivity index (χ2n) is 7.34. The van der Waals surface area contributed by atoms with Crippen molar-refractivity contribution in [2.45, 2.75) is 25.6 Å². The molecule has 162 valence electrons. The molecule has 0 saturated carbocycles. The summed E-state index contributed by atoms with van der Waals surface area (Å²) >= 11 is 0. The molecule has 0 saturated heterocycles. The van der Waals surface area contributed by atoms with Crippen molar-refractivity contribution in [3.63, 3.8) is 0 Å². The zero-order valence-corrected chi connectivity index (χ0v) is 19.8. The SMILES string of the molecule is CN=C(NCc1ccc(Cn2ccccc2=O)cc1)NCC1Cc2ccccc2O1.I. The van der Waals surface area contributed by atoms with Crippen LogP contribution in [-0.4, -0.2) is 30.2 Å². The molecule has 1 aromatic heterocycles. The molecule has 7 heteroatoms. The lowest BCUT2D eigenvalue weighted by atomic mass is 10.1. The van der Waals surface area contributed by atoms with Crippen LogP contribution >= 0.6 is 24.0 Å². The van der Waals surface area contributed by atoms with E-state index in [0.717, 1.165) is 29.3 Å². The number of aliphatic imine (C=N–C) groups is 1. The Hall–Kier alpha value is -2.81. The smallest absolute Gasteiger partial charge is 0.250 e. The number of rotatable bonds is 6. The van der Waals surface area contributed by atoms with E-state index in [1.807, 2.05) is 24.3 Å². The fraction of sp³-hybridized carbons (Fsp3) is 0.250. The Labute approximate surface area is 199 Å². The molecular weight excluding hydrogens is 503 g/mol. The van der Waals surface area contributed by atoms with Crippen LogP contribution in [0.3, 0.4) is 0 Å². The molecule has 0 bridgehead atoms. The van der Waals surface area contributed by atoms with Crippen molar-refractivity contribution in [3.8, 4) is 5.75 Å². The number of aromatic nitrogens is 1. The van der Waals surface area contributed by atoms with Gasteiger partial charge in [-0.05, 0) is 28.8 Å². The Morgan fingerprint density at radius 1 is 1.03 bits per heavy atom. The van der Waals surface area contributed by atoms with Crippen molar-refractivity contribution < 1.29 is 4.74 Å². The third-order valence-electron chi connectivity index (χ3n) is 5.17. The summed E-state index contributed by atoms with van der Waals surface area (Å²) in [6.07, 6.45) is 2.83. The van der Waals surface area contributed by atoms with E-state index in [1.165, 1.54) is 5.56 Å². The van der Waals surface area contributed by atoms with Gasteiger partial charge in [0.25, 0.3) is 5.56 Å². The van der Waals surface area contributed by atoms with Gasteiger partial charge in [0.15, 0.2) is 5.96 Å². The van der Waals surface area contributed by atoms with Crippen LogP contribution in [0.1, 0.15) is 16.7 Å². The Balaban J connectivity index is 0.00000272. The van der Waals surface area contributed by atoms with E-state index >= 15 is 0 Å². The van der Waals surface area contributed by atoms with Gasteiger partial charge in [-0.15, -0.1) is 24.0 Å². The largest absolute Gasteiger partial charge is 0.488 e. The van der Waals surface area contributed by atoms with E-state index in [1.54, 1.807) is 29.9 Å². The highest BCUT2D eigenvalue weighted by Gasteiger charge is 2.22. The summed E-state index contributed by atoms with van der Waals surface area (Å²) in [4.78, 5) is 16.1. The van der Waals surface area contributed by atoms with Gasteiger partial charge in [0.1, 0.15) is 11.9 Å². The van der Waals surface area contributed by atoms with Crippen LogP contribution in [0.5, 0.6) is 5.75 Å². The Bertz CT molecular complexity index is 1050. The maximum Gasteiger partial charge on any atom is 0.250 e. The highest BCUT2D eigenvalue weighted by Crippen LogP contribution is 2.27. The Morgan fingerprint density at radius 2 is 1.77 bits per heavy atom. The molecular formula is C24H27IN4O2. The van der Waals surface area contributed by atoms with Crippen LogP contribution in [0.4, 0.5) is 0 Å². The van der Waals surface area contributed by atoms with Crippen LogP contribution in [0.15, 0.2) is 82.7 Å². The molecule has 31 heavy (non-hydrogen) atoms. The normalized spacial score (nSPS) is 14.9. The first-order valence-electron chi connectivity index (χ1n) is 10.1. The van der Waals surface area contributed by atoms with Gasteiger partial charge >= 0.3 is 0 Å². The highest BCUT2D eigenvalue weighted by atomic mass is 127. The van der Waals surface area contributed by atoms with Crippen molar-refractivity contribution in [3.05, 3.63) is 100.0 Å². The average molecular weight is 530 g/mol. The summed E-state index contributed by atoms with van der Waals surface area (Å²) < 4.78 is 7.66. The zero-order valence-electron chi connectivity index (χ0n) is 17.5. The van der Waals surface area contributed by atoms with Crippen LogP contribution in [0.2, 0.25) is 0 Å². The van der Waals surface area contributed by atoms with Crippen LogP contribution in [-0.2, 0) is 19.5 Å². The van der Waals surface area contributed by atoms with E-state index < -0.39 is 0 Å². The van der Waals surface area contributed by atoms with Gasteiger partial charge in [0.2, 0.25) is 0 Å². The molecule has 3 aromatic rings. The number of halogens is 1. The fourth-order valence-corrected chi connectivity index (χ4v) is 3.54. The number of benzene rings is 2. The van der Waals surface area contributed by atoms with Gasteiger partial charge in [-0.25, -0.2) is 0 Å². The van der Waals surface area contributed by atoms with Crippen LogP contribution in [0.25, 0.3) is 0 Å². The van der Waals surface area contributed by atoms with E-state index in [-0.39, 0.29) is 35.6 Å². The summed E-state index contributed by atoms with van der Waals surface area (Å²) in [7, 11) is 1.76. The molecule has 0 fully saturated rings. The molecule has 1 unspecified atom stereocenters. The first-order chi connectivity index (χ1) is 14.7. The summed E-state index contributed by atoms with van der Waals surface area (Å²) in [5, 5.41) is 6.68. The maximum atomic E-state index is 11.8. The molecule has 0 amide bonds. The number of guanidine groups is 1. The summed E-state index contributed by atoms with van der Waals surface area (Å²) in [6, 6.07) is 21.6. The predicted molar refractivity (Wildman–Crippen MR) is 134 cm³/mol. The molecule has 0 aliphatic carbocycles. The number of nitrogens with zero attached hydrogens (tertiary/aromatic N) is 2. The monoisotopic (exact) mass is 530 g/mol. The number of ether oxygens (including phenoxy) is 1. The van der Waals surface area contributed by atoms with Crippen molar-refractivity contribution in [1.82, 2.24) is 15.2 Å². The summed E-state index contributed by atoms with van der Waals surface area (Å²) in [6.45, 7) is 1.93. The van der Waals surface area contributed by atoms with Gasteiger partial charge in [-0.1, -0.05) is 48.5 Å². The van der Waals surface area contributed by atoms with Crippen LogP contribution in [0, 0.1) is 0 Å². The van der Waals surface area contributed by atoms with E-state index in [2.05, 4.69) is 46.0 Å². The quantitative estimate of drug-likeness (QED) is 0.292. The Kier molecular flexibility index (Phi) is 8.11. The number of para-hydroxylation sites is 1. The average Bonchev–Trinajstić information content (AvgIpc) is 3.19. The highest BCUT2D eigenvalue weighted by molar-refractivity contribution is 14.0. The molecule has 2 N–H and O–H groups in total. The maximum absolute atomic E-state index is 11.8. The minimum atomic E-state index is 0. The first-order valence-corrected chi connectivity index (χ1v) is 10.1. The lowest BCUT2D eigenvalue weighted by Gasteiger charge is -2.16. The number of nitrogens with one attached hydrogen (secondary N) is 2. The molecule has 2 heterocycles. The second kappa shape index (κ2) is 11.0. The fourth-order valence-electron chi connectivity index (χ4n) is 3.54. The molecule has 6 nitrogen and oxygen atoms in total. The van der Waals surface area contributed by atoms with Gasteiger partial charge in [-0.3, -0.25) is 9.79 Å². The van der Waals surface area contributed by atoms with Crippen molar-refractivity contribution in [1.29, 1.82) is 0 Å². The van der Waals surface area contributed by atoms with Crippen molar-refractivity contribution >= 4 is 29.9 Å². The van der Waals surface area contributed by atoms with Crippen LogP contribution < -0.4 is 20.9 Å². The first kappa shape index (κ1) is 22.9. The van der Waals surface area contributed by atoms with Crippen molar-refractivity contribution in [2.75, 3.05) is 13.6 Å². The lowest BCUT2D eigenvalue weighted by Crippen LogP contribution is -2.41. The lowest BCUT2D eigenvalue weighted by molar-refractivity contribution is 0.235. The number of fused-ring (bicyclic) bond motifs is 1. The van der Waals surface area contributed by atoms with Gasteiger partial charge in [0, 0.05) is 32.3 Å². The second-order valence-corrected chi connectivity index (χ2v) is 7.34. The summed E-state index contributed by atoms with van der Waals surface area (Å²) in [5.41, 5.74) is 3.50.